The normalized spacial score (nSPS) is 12.2. The minimum absolute atomic E-state index is 0.000395. The summed E-state index contributed by atoms with van der Waals surface area (Å²) in [4.78, 5) is 21.8. The van der Waals surface area contributed by atoms with Crippen molar-refractivity contribution in [3.8, 4) is 0 Å². The number of carbonyl (C=O) groups excluding carboxylic acids is 1. The molecule has 0 saturated carbocycles. The highest BCUT2D eigenvalue weighted by Crippen LogP contribution is 2.12. The van der Waals surface area contributed by atoms with Crippen LogP contribution in [0.15, 0.2) is 24.3 Å². The van der Waals surface area contributed by atoms with E-state index >= 15 is 0 Å². The quantitative estimate of drug-likeness (QED) is 0.599. The van der Waals surface area contributed by atoms with E-state index in [1.807, 2.05) is 13.8 Å². The van der Waals surface area contributed by atoms with Crippen molar-refractivity contribution >= 4 is 11.6 Å². The van der Waals surface area contributed by atoms with Crippen LogP contribution in [0.4, 0.5) is 5.69 Å². The van der Waals surface area contributed by atoms with E-state index < -0.39 is 4.92 Å². The van der Waals surface area contributed by atoms with Gasteiger partial charge in [-0.2, -0.15) is 0 Å². The average Bonchev–Trinajstić information content (AvgIpc) is 2.36. The summed E-state index contributed by atoms with van der Waals surface area (Å²) < 4.78 is 0. The molecule has 104 valence electrons. The number of amides is 1. The highest BCUT2D eigenvalue weighted by molar-refractivity contribution is 5.79. The Hall–Kier alpha value is -1.95. The van der Waals surface area contributed by atoms with Gasteiger partial charge >= 0.3 is 0 Å². The Balaban J connectivity index is 2.59. The number of hydrogen-bond donors (Lipinski definition) is 2. The largest absolute Gasteiger partial charge is 0.394 e. The molecule has 1 rings (SSSR count). The molecule has 6 nitrogen and oxygen atoms in total. The molecule has 0 aliphatic heterocycles. The van der Waals surface area contributed by atoms with Gasteiger partial charge in [0, 0.05) is 12.1 Å². The standard InChI is InChI=1S/C13H18N2O4/c1-9(2)12(8-16)14-13(17)7-10-3-5-11(6-4-10)15(18)19/h3-6,9,12,16H,7-8H2,1-2H3,(H,14,17). The molecular weight excluding hydrogens is 248 g/mol. The lowest BCUT2D eigenvalue weighted by Crippen LogP contribution is -2.41. The molecule has 0 aliphatic rings. The molecule has 2 N–H and O–H groups in total. The number of non-ortho nitro benzene ring substituents is 1. The predicted molar refractivity (Wildman–Crippen MR) is 70.7 cm³/mol. The molecule has 0 aliphatic carbocycles. The van der Waals surface area contributed by atoms with Gasteiger partial charge in [0.1, 0.15) is 0 Å². The molecule has 0 heterocycles. The zero-order chi connectivity index (χ0) is 14.4. The summed E-state index contributed by atoms with van der Waals surface area (Å²) in [6.07, 6.45) is 0.140. The molecule has 0 saturated heterocycles. The minimum atomic E-state index is -0.482. The van der Waals surface area contributed by atoms with Crippen LogP contribution in [0, 0.1) is 16.0 Å². The summed E-state index contributed by atoms with van der Waals surface area (Å²) in [5.74, 6) is -0.0626. The van der Waals surface area contributed by atoms with Crippen molar-refractivity contribution in [1.29, 1.82) is 0 Å². The molecule has 1 unspecified atom stereocenters. The lowest BCUT2D eigenvalue weighted by molar-refractivity contribution is -0.384. The van der Waals surface area contributed by atoms with E-state index in [4.69, 9.17) is 5.11 Å². The number of rotatable bonds is 6. The monoisotopic (exact) mass is 266 g/mol. The summed E-state index contributed by atoms with van der Waals surface area (Å²) in [5.41, 5.74) is 0.697. The summed E-state index contributed by atoms with van der Waals surface area (Å²) in [6.45, 7) is 3.71. The smallest absolute Gasteiger partial charge is 0.269 e. The van der Waals surface area contributed by atoms with Crippen molar-refractivity contribution in [2.24, 2.45) is 5.92 Å². The van der Waals surface area contributed by atoms with Crippen LogP contribution in [0.1, 0.15) is 19.4 Å². The minimum Gasteiger partial charge on any atom is -0.394 e. The summed E-state index contributed by atoms with van der Waals surface area (Å²) >= 11 is 0. The van der Waals surface area contributed by atoms with Crippen LogP contribution in [-0.2, 0) is 11.2 Å². The van der Waals surface area contributed by atoms with Gasteiger partial charge in [-0.15, -0.1) is 0 Å². The molecule has 0 bridgehead atoms. The second-order valence-electron chi connectivity index (χ2n) is 4.70. The van der Waals surface area contributed by atoms with Crippen molar-refractivity contribution in [3.63, 3.8) is 0 Å². The molecule has 6 heteroatoms. The highest BCUT2D eigenvalue weighted by Gasteiger charge is 2.15. The second-order valence-corrected chi connectivity index (χ2v) is 4.70. The first-order chi connectivity index (χ1) is 8.93. The molecule has 19 heavy (non-hydrogen) atoms. The number of nitrogens with one attached hydrogen (secondary N) is 1. The number of benzene rings is 1. The van der Waals surface area contributed by atoms with E-state index in [0.29, 0.717) is 5.56 Å². The number of nitrogens with zero attached hydrogens (tertiary/aromatic N) is 1. The van der Waals surface area contributed by atoms with Crippen LogP contribution >= 0.6 is 0 Å². The zero-order valence-electron chi connectivity index (χ0n) is 11.0. The number of aliphatic hydroxyl groups is 1. The lowest BCUT2D eigenvalue weighted by Gasteiger charge is -2.19. The Morgan fingerprint density at radius 2 is 1.95 bits per heavy atom. The van der Waals surface area contributed by atoms with Gasteiger partial charge in [0.05, 0.1) is 24.0 Å². The third kappa shape index (κ3) is 4.67. The van der Waals surface area contributed by atoms with Crippen molar-refractivity contribution < 1.29 is 14.8 Å². The number of nitro benzene ring substituents is 1. The number of carbonyl (C=O) groups is 1. The maximum atomic E-state index is 11.7. The van der Waals surface area contributed by atoms with Gasteiger partial charge in [0.2, 0.25) is 5.91 Å². The Kier molecular flexibility index (Phi) is 5.44. The van der Waals surface area contributed by atoms with Crippen LogP contribution in [0.3, 0.4) is 0 Å². The van der Waals surface area contributed by atoms with Gasteiger partial charge in [-0.25, -0.2) is 0 Å². The fourth-order valence-corrected chi connectivity index (χ4v) is 1.60. The first-order valence-electron chi connectivity index (χ1n) is 6.07. The number of hydrogen-bond acceptors (Lipinski definition) is 4. The number of aliphatic hydroxyl groups excluding tert-OH is 1. The third-order valence-electron chi connectivity index (χ3n) is 2.86. The van der Waals surface area contributed by atoms with E-state index in [1.165, 1.54) is 12.1 Å². The highest BCUT2D eigenvalue weighted by atomic mass is 16.6. The molecular formula is C13H18N2O4. The number of nitro groups is 1. The Morgan fingerprint density at radius 1 is 1.37 bits per heavy atom. The lowest BCUT2D eigenvalue weighted by atomic mass is 10.0. The van der Waals surface area contributed by atoms with Gasteiger partial charge in [0.15, 0.2) is 0 Å². The molecule has 0 fully saturated rings. The van der Waals surface area contributed by atoms with Crippen LogP contribution in [0.25, 0.3) is 0 Å². The molecule has 1 atom stereocenters. The van der Waals surface area contributed by atoms with Gasteiger partial charge < -0.3 is 10.4 Å². The van der Waals surface area contributed by atoms with Gasteiger partial charge in [-0.3, -0.25) is 14.9 Å². The molecule has 1 amide bonds. The van der Waals surface area contributed by atoms with Crippen molar-refractivity contribution in [3.05, 3.63) is 39.9 Å². The SMILES string of the molecule is CC(C)C(CO)NC(=O)Cc1ccc([N+](=O)[O-])cc1. The van der Waals surface area contributed by atoms with Crippen LogP contribution in [0.2, 0.25) is 0 Å². The maximum absolute atomic E-state index is 11.7. The van der Waals surface area contributed by atoms with E-state index in [0.717, 1.165) is 0 Å². The Bertz CT molecular complexity index is 442. The van der Waals surface area contributed by atoms with Gasteiger partial charge in [-0.05, 0) is 11.5 Å². The van der Waals surface area contributed by atoms with Gasteiger partial charge in [-0.1, -0.05) is 26.0 Å². The topological polar surface area (TPSA) is 92.5 Å². The van der Waals surface area contributed by atoms with Crippen LogP contribution < -0.4 is 5.32 Å². The van der Waals surface area contributed by atoms with E-state index in [9.17, 15) is 14.9 Å². The molecule has 0 radical (unpaired) electrons. The molecule has 1 aromatic rings. The third-order valence-corrected chi connectivity index (χ3v) is 2.86. The molecule has 0 aromatic heterocycles. The van der Waals surface area contributed by atoms with Crippen molar-refractivity contribution in [2.45, 2.75) is 26.3 Å². The van der Waals surface area contributed by atoms with Crippen molar-refractivity contribution in [1.82, 2.24) is 5.32 Å². The average molecular weight is 266 g/mol. The Morgan fingerprint density at radius 3 is 2.37 bits per heavy atom. The Labute approximate surface area is 111 Å². The summed E-state index contributed by atoms with van der Waals surface area (Å²) in [6, 6.07) is 5.58. The summed E-state index contributed by atoms with van der Waals surface area (Å²) in [7, 11) is 0. The predicted octanol–water partition coefficient (Wildman–Crippen LogP) is 1.27. The van der Waals surface area contributed by atoms with E-state index in [-0.39, 0.29) is 36.6 Å². The van der Waals surface area contributed by atoms with E-state index in [2.05, 4.69) is 5.32 Å². The second kappa shape index (κ2) is 6.84. The van der Waals surface area contributed by atoms with Crippen LogP contribution in [-0.4, -0.2) is 28.6 Å². The fraction of sp³-hybridized carbons (Fsp3) is 0.462. The van der Waals surface area contributed by atoms with Crippen molar-refractivity contribution in [2.75, 3.05) is 6.61 Å². The molecule has 1 aromatic carbocycles. The first kappa shape index (κ1) is 15.1. The fourth-order valence-electron chi connectivity index (χ4n) is 1.60. The van der Waals surface area contributed by atoms with E-state index in [1.54, 1.807) is 12.1 Å². The summed E-state index contributed by atoms with van der Waals surface area (Å²) in [5, 5.41) is 22.3. The first-order valence-corrected chi connectivity index (χ1v) is 6.07. The maximum Gasteiger partial charge on any atom is 0.269 e. The zero-order valence-corrected chi connectivity index (χ0v) is 11.0. The van der Waals surface area contributed by atoms with Crippen LogP contribution in [0.5, 0.6) is 0 Å². The molecule has 0 spiro atoms. The van der Waals surface area contributed by atoms with Gasteiger partial charge in [0.25, 0.3) is 5.69 Å².